The van der Waals surface area contributed by atoms with Crippen molar-refractivity contribution in [1.29, 1.82) is 5.26 Å². The average molecular weight is 272 g/mol. The molecule has 2 aromatic rings. The minimum atomic E-state index is -0.355. The number of benzene rings is 1. The number of rotatable bonds is 4. The van der Waals surface area contributed by atoms with Crippen LogP contribution in [0.25, 0.3) is 0 Å². The molecule has 0 spiro atoms. The number of halogens is 1. The molecule has 1 aromatic carbocycles. The van der Waals surface area contributed by atoms with Crippen LogP contribution in [0.4, 0.5) is 10.1 Å². The highest BCUT2D eigenvalue weighted by molar-refractivity contribution is 7.07. The van der Waals surface area contributed by atoms with E-state index >= 15 is 0 Å². The van der Waals surface area contributed by atoms with E-state index in [0.29, 0.717) is 11.6 Å². The van der Waals surface area contributed by atoms with Crippen molar-refractivity contribution in [2.75, 3.05) is 4.90 Å². The van der Waals surface area contributed by atoms with E-state index in [4.69, 9.17) is 0 Å². The summed E-state index contributed by atoms with van der Waals surface area (Å²) in [4.78, 5) is 2.22. The zero-order chi connectivity index (χ0) is 13.2. The van der Waals surface area contributed by atoms with Gasteiger partial charge in [0.25, 0.3) is 0 Å². The highest BCUT2D eigenvalue weighted by Gasteiger charge is 2.30. The Labute approximate surface area is 115 Å². The molecule has 3 rings (SSSR count). The number of hydrogen-bond donors (Lipinski definition) is 0. The van der Waals surface area contributed by atoms with E-state index in [0.717, 1.165) is 25.1 Å². The third-order valence-corrected chi connectivity index (χ3v) is 4.04. The Morgan fingerprint density at radius 1 is 1.37 bits per heavy atom. The van der Waals surface area contributed by atoms with Crippen LogP contribution in [0.3, 0.4) is 0 Å². The van der Waals surface area contributed by atoms with Gasteiger partial charge in [-0.3, -0.25) is 0 Å². The maximum absolute atomic E-state index is 13.2. The molecule has 0 atom stereocenters. The molecule has 1 saturated carbocycles. The molecule has 96 valence electrons. The summed E-state index contributed by atoms with van der Waals surface area (Å²) in [6, 6.07) is 9.15. The number of nitrogens with zero attached hydrogens (tertiary/aromatic N) is 2. The second-order valence-corrected chi connectivity index (χ2v) is 5.54. The lowest BCUT2D eigenvalue weighted by Gasteiger charge is -2.25. The van der Waals surface area contributed by atoms with Gasteiger partial charge in [0.2, 0.25) is 0 Å². The first-order valence-electron chi connectivity index (χ1n) is 6.25. The monoisotopic (exact) mass is 272 g/mol. The lowest BCUT2D eigenvalue weighted by atomic mass is 10.1. The Kier molecular flexibility index (Phi) is 3.22. The standard InChI is InChI=1S/C15H13FN2S/c16-13-1-4-15(12(7-13)8-17)18(14-2-3-14)9-11-5-6-19-10-11/h1,4-7,10,14H,2-3,9H2. The molecular weight excluding hydrogens is 259 g/mol. The molecule has 19 heavy (non-hydrogen) atoms. The van der Waals surface area contributed by atoms with Crippen LogP contribution in [0.15, 0.2) is 35.0 Å². The van der Waals surface area contributed by atoms with Crippen molar-refractivity contribution in [3.05, 3.63) is 52.0 Å². The third-order valence-electron chi connectivity index (χ3n) is 3.31. The van der Waals surface area contributed by atoms with E-state index in [9.17, 15) is 9.65 Å². The third kappa shape index (κ3) is 2.61. The Morgan fingerprint density at radius 3 is 2.84 bits per heavy atom. The SMILES string of the molecule is N#Cc1cc(F)ccc1N(Cc1ccsc1)C1CC1. The van der Waals surface area contributed by atoms with Crippen molar-refractivity contribution in [3.63, 3.8) is 0 Å². The highest BCUT2D eigenvalue weighted by Crippen LogP contribution is 2.35. The predicted octanol–water partition coefficient (Wildman–Crippen LogP) is 3.93. The minimum Gasteiger partial charge on any atom is -0.363 e. The van der Waals surface area contributed by atoms with E-state index in [1.54, 1.807) is 17.4 Å². The Balaban J connectivity index is 1.94. The Hall–Kier alpha value is -1.86. The lowest BCUT2D eigenvalue weighted by Crippen LogP contribution is -2.25. The van der Waals surface area contributed by atoms with Gasteiger partial charge in [-0.2, -0.15) is 16.6 Å². The molecule has 1 aliphatic rings. The van der Waals surface area contributed by atoms with E-state index in [-0.39, 0.29) is 5.82 Å². The zero-order valence-corrected chi connectivity index (χ0v) is 11.2. The van der Waals surface area contributed by atoms with Gasteiger partial charge in [-0.1, -0.05) is 0 Å². The molecule has 2 nitrogen and oxygen atoms in total. The normalized spacial score (nSPS) is 14.1. The number of anilines is 1. The predicted molar refractivity (Wildman–Crippen MR) is 74.6 cm³/mol. The fraction of sp³-hybridized carbons (Fsp3) is 0.267. The second kappa shape index (κ2) is 5.02. The average Bonchev–Trinajstić information content (AvgIpc) is 3.13. The molecule has 0 amide bonds. The largest absolute Gasteiger partial charge is 0.363 e. The van der Waals surface area contributed by atoms with Gasteiger partial charge in [0.05, 0.1) is 11.3 Å². The minimum absolute atomic E-state index is 0.355. The first-order valence-corrected chi connectivity index (χ1v) is 7.19. The topological polar surface area (TPSA) is 27.0 Å². The van der Waals surface area contributed by atoms with Crippen molar-refractivity contribution in [3.8, 4) is 6.07 Å². The summed E-state index contributed by atoms with van der Waals surface area (Å²) >= 11 is 1.67. The van der Waals surface area contributed by atoms with Crippen LogP contribution in [-0.4, -0.2) is 6.04 Å². The van der Waals surface area contributed by atoms with E-state index < -0.39 is 0 Å². The van der Waals surface area contributed by atoms with Gasteiger partial charge in [-0.05, 0) is 53.4 Å². The number of thiophene rings is 1. The fourth-order valence-electron chi connectivity index (χ4n) is 2.22. The molecule has 0 N–H and O–H groups in total. The molecule has 0 bridgehead atoms. The molecule has 0 unspecified atom stereocenters. The quantitative estimate of drug-likeness (QED) is 0.843. The summed E-state index contributed by atoms with van der Waals surface area (Å²) in [6.07, 6.45) is 2.29. The molecule has 0 aliphatic heterocycles. The van der Waals surface area contributed by atoms with Crippen LogP contribution in [-0.2, 0) is 6.54 Å². The van der Waals surface area contributed by atoms with Gasteiger partial charge >= 0.3 is 0 Å². The first kappa shape index (κ1) is 12.2. The van der Waals surface area contributed by atoms with Gasteiger partial charge in [0.15, 0.2) is 0 Å². The summed E-state index contributed by atoms with van der Waals surface area (Å²) in [7, 11) is 0. The van der Waals surface area contributed by atoms with Crippen LogP contribution < -0.4 is 4.90 Å². The lowest BCUT2D eigenvalue weighted by molar-refractivity contribution is 0.626. The van der Waals surface area contributed by atoms with Crippen molar-refractivity contribution in [2.24, 2.45) is 0 Å². The van der Waals surface area contributed by atoms with Crippen LogP contribution >= 0.6 is 11.3 Å². The number of hydrogen-bond acceptors (Lipinski definition) is 3. The highest BCUT2D eigenvalue weighted by atomic mass is 32.1. The maximum Gasteiger partial charge on any atom is 0.124 e. The summed E-state index contributed by atoms with van der Waals surface area (Å²) in [5, 5.41) is 13.3. The van der Waals surface area contributed by atoms with E-state index in [1.807, 2.05) is 0 Å². The second-order valence-electron chi connectivity index (χ2n) is 4.76. The maximum atomic E-state index is 13.2. The van der Waals surface area contributed by atoms with Gasteiger partial charge in [-0.15, -0.1) is 0 Å². The van der Waals surface area contributed by atoms with Gasteiger partial charge in [-0.25, -0.2) is 4.39 Å². The number of nitriles is 1. The van der Waals surface area contributed by atoms with Crippen LogP contribution in [0.5, 0.6) is 0 Å². The van der Waals surface area contributed by atoms with Crippen LogP contribution in [0.2, 0.25) is 0 Å². The van der Waals surface area contributed by atoms with Gasteiger partial charge in [0, 0.05) is 12.6 Å². The molecule has 4 heteroatoms. The van der Waals surface area contributed by atoms with Crippen molar-refractivity contribution < 1.29 is 4.39 Å². The Bertz CT molecular complexity index is 612. The van der Waals surface area contributed by atoms with E-state index in [1.165, 1.54) is 17.7 Å². The molecule has 1 fully saturated rings. The van der Waals surface area contributed by atoms with E-state index in [2.05, 4.69) is 27.8 Å². The fourth-order valence-corrected chi connectivity index (χ4v) is 2.88. The summed E-state index contributed by atoms with van der Waals surface area (Å²) in [5.74, 6) is -0.355. The zero-order valence-electron chi connectivity index (χ0n) is 10.3. The van der Waals surface area contributed by atoms with Crippen LogP contribution in [0, 0.1) is 17.1 Å². The molecule has 1 aliphatic carbocycles. The molecular formula is C15H13FN2S. The molecule has 0 radical (unpaired) electrons. The van der Waals surface area contributed by atoms with Crippen LogP contribution in [0.1, 0.15) is 24.0 Å². The molecule has 1 heterocycles. The molecule has 0 saturated heterocycles. The molecule has 1 aromatic heterocycles. The van der Waals surface area contributed by atoms with Gasteiger partial charge < -0.3 is 4.90 Å². The first-order chi connectivity index (χ1) is 9.28. The van der Waals surface area contributed by atoms with Crippen molar-refractivity contribution in [2.45, 2.75) is 25.4 Å². The summed E-state index contributed by atoms with van der Waals surface area (Å²) in [5.41, 5.74) is 2.50. The smallest absolute Gasteiger partial charge is 0.124 e. The van der Waals surface area contributed by atoms with Gasteiger partial charge in [0.1, 0.15) is 11.9 Å². The summed E-state index contributed by atoms with van der Waals surface area (Å²) < 4.78 is 13.2. The van der Waals surface area contributed by atoms with Crippen molar-refractivity contribution in [1.82, 2.24) is 0 Å². The summed E-state index contributed by atoms with van der Waals surface area (Å²) in [6.45, 7) is 0.786. The Morgan fingerprint density at radius 2 is 2.21 bits per heavy atom. The van der Waals surface area contributed by atoms with Crippen molar-refractivity contribution >= 4 is 17.0 Å².